The van der Waals surface area contributed by atoms with Gasteiger partial charge in [0.05, 0.1) is 12.7 Å². The molecule has 0 unspecified atom stereocenters. The molecule has 4 nitrogen and oxygen atoms in total. The number of hydrogen-bond acceptors (Lipinski definition) is 4. The van der Waals surface area contributed by atoms with E-state index in [9.17, 15) is 9.90 Å². The number of amides is 1. The maximum absolute atomic E-state index is 11.8. The van der Waals surface area contributed by atoms with E-state index in [2.05, 4.69) is 5.32 Å². The minimum absolute atomic E-state index is 0.0322. The second-order valence-electron chi connectivity index (χ2n) is 5.36. The summed E-state index contributed by atoms with van der Waals surface area (Å²) in [5.74, 6) is 1.66. The minimum atomic E-state index is -0.835. The lowest BCUT2D eigenvalue weighted by Crippen LogP contribution is -2.41. The van der Waals surface area contributed by atoms with Gasteiger partial charge in [0.1, 0.15) is 5.75 Å². The number of aryl methyl sites for hydroxylation is 1. The molecule has 0 spiro atoms. The van der Waals surface area contributed by atoms with Crippen molar-refractivity contribution in [1.29, 1.82) is 0 Å². The van der Waals surface area contributed by atoms with E-state index in [1.807, 2.05) is 30.5 Å². The SMILES string of the molecule is COc1ccc(CCC(=O)NC[C@](C)(O)CCSC)cc1. The van der Waals surface area contributed by atoms with Gasteiger partial charge < -0.3 is 15.2 Å². The van der Waals surface area contributed by atoms with Crippen molar-refractivity contribution < 1.29 is 14.6 Å². The average Bonchev–Trinajstić information content (AvgIpc) is 2.49. The van der Waals surface area contributed by atoms with E-state index in [1.165, 1.54) is 0 Å². The van der Waals surface area contributed by atoms with Crippen molar-refractivity contribution in [2.75, 3.05) is 25.7 Å². The third-order valence-corrected chi connectivity index (χ3v) is 3.92. The zero-order valence-electron chi connectivity index (χ0n) is 13.0. The van der Waals surface area contributed by atoms with Crippen LogP contribution in [0.25, 0.3) is 0 Å². The van der Waals surface area contributed by atoms with Gasteiger partial charge in [0.25, 0.3) is 0 Å². The van der Waals surface area contributed by atoms with Crippen molar-refractivity contribution in [2.24, 2.45) is 0 Å². The predicted octanol–water partition coefficient (Wildman–Crippen LogP) is 2.25. The number of ether oxygens (including phenoxy) is 1. The number of methoxy groups -OCH3 is 1. The van der Waals surface area contributed by atoms with Crippen molar-refractivity contribution >= 4 is 17.7 Å². The first-order valence-electron chi connectivity index (χ1n) is 7.08. The second-order valence-corrected chi connectivity index (χ2v) is 6.35. The van der Waals surface area contributed by atoms with E-state index in [1.54, 1.807) is 25.8 Å². The molecule has 0 radical (unpaired) electrons. The highest BCUT2D eigenvalue weighted by Crippen LogP contribution is 2.13. The van der Waals surface area contributed by atoms with Crippen LogP contribution in [0, 0.1) is 0 Å². The van der Waals surface area contributed by atoms with Gasteiger partial charge in [-0.2, -0.15) is 11.8 Å². The summed E-state index contributed by atoms with van der Waals surface area (Å²) in [5.41, 5.74) is 0.263. The average molecular weight is 311 g/mol. The van der Waals surface area contributed by atoms with E-state index in [0.29, 0.717) is 25.8 Å². The number of aliphatic hydroxyl groups is 1. The lowest BCUT2D eigenvalue weighted by molar-refractivity contribution is -0.122. The Hall–Kier alpha value is -1.20. The molecule has 0 heterocycles. The van der Waals surface area contributed by atoms with Gasteiger partial charge in [-0.1, -0.05) is 12.1 Å². The monoisotopic (exact) mass is 311 g/mol. The van der Waals surface area contributed by atoms with Gasteiger partial charge in [-0.3, -0.25) is 4.79 Å². The van der Waals surface area contributed by atoms with E-state index in [-0.39, 0.29) is 5.91 Å². The van der Waals surface area contributed by atoms with Crippen LogP contribution in [0.1, 0.15) is 25.3 Å². The van der Waals surface area contributed by atoms with E-state index in [0.717, 1.165) is 17.1 Å². The molecule has 0 aromatic heterocycles. The van der Waals surface area contributed by atoms with Crippen molar-refractivity contribution in [3.63, 3.8) is 0 Å². The summed E-state index contributed by atoms with van der Waals surface area (Å²) in [5, 5.41) is 12.9. The lowest BCUT2D eigenvalue weighted by atomic mass is 10.0. The first-order chi connectivity index (χ1) is 9.96. The van der Waals surface area contributed by atoms with Gasteiger partial charge in [-0.25, -0.2) is 0 Å². The quantitative estimate of drug-likeness (QED) is 0.734. The summed E-state index contributed by atoms with van der Waals surface area (Å²) in [7, 11) is 1.63. The van der Waals surface area contributed by atoms with Gasteiger partial charge in [0, 0.05) is 13.0 Å². The van der Waals surface area contributed by atoms with Crippen molar-refractivity contribution in [1.82, 2.24) is 5.32 Å². The minimum Gasteiger partial charge on any atom is -0.497 e. The number of benzene rings is 1. The number of rotatable bonds is 9. The third-order valence-electron chi connectivity index (χ3n) is 3.31. The van der Waals surface area contributed by atoms with Crippen LogP contribution in [0.15, 0.2) is 24.3 Å². The largest absolute Gasteiger partial charge is 0.497 e. The molecule has 5 heteroatoms. The van der Waals surface area contributed by atoms with Crippen LogP contribution < -0.4 is 10.1 Å². The molecule has 0 saturated carbocycles. The number of hydrogen-bond donors (Lipinski definition) is 2. The molecule has 0 aliphatic carbocycles. The van der Waals surface area contributed by atoms with Crippen LogP contribution in [0.3, 0.4) is 0 Å². The summed E-state index contributed by atoms with van der Waals surface area (Å²) in [4.78, 5) is 11.8. The maximum Gasteiger partial charge on any atom is 0.220 e. The van der Waals surface area contributed by atoms with Gasteiger partial charge in [0.15, 0.2) is 0 Å². The fraction of sp³-hybridized carbons (Fsp3) is 0.562. The summed E-state index contributed by atoms with van der Waals surface area (Å²) >= 11 is 1.69. The Bertz CT molecular complexity index is 432. The van der Waals surface area contributed by atoms with Gasteiger partial charge in [-0.15, -0.1) is 0 Å². The predicted molar refractivity (Wildman–Crippen MR) is 87.9 cm³/mol. The Morgan fingerprint density at radius 3 is 2.62 bits per heavy atom. The maximum atomic E-state index is 11.8. The fourth-order valence-corrected chi connectivity index (χ4v) is 2.48. The molecule has 0 saturated heterocycles. The van der Waals surface area contributed by atoms with Crippen LogP contribution in [0.5, 0.6) is 5.75 Å². The molecule has 1 atom stereocenters. The number of nitrogens with one attached hydrogen (secondary N) is 1. The Morgan fingerprint density at radius 1 is 1.38 bits per heavy atom. The van der Waals surface area contributed by atoms with Crippen molar-refractivity contribution in [2.45, 2.75) is 31.8 Å². The van der Waals surface area contributed by atoms with Crippen LogP contribution >= 0.6 is 11.8 Å². The first-order valence-corrected chi connectivity index (χ1v) is 8.47. The molecule has 0 bridgehead atoms. The van der Waals surface area contributed by atoms with E-state index >= 15 is 0 Å². The summed E-state index contributed by atoms with van der Waals surface area (Å²) in [6.45, 7) is 2.06. The first kappa shape index (κ1) is 17.9. The van der Waals surface area contributed by atoms with Gasteiger partial charge in [-0.05, 0) is 49.5 Å². The lowest BCUT2D eigenvalue weighted by Gasteiger charge is -2.23. The molecule has 21 heavy (non-hydrogen) atoms. The topological polar surface area (TPSA) is 58.6 Å². The van der Waals surface area contributed by atoms with E-state index < -0.39 is 5.60 Å². The van der Waals surface area contributed by atoms with Gasteiger partial charge >= 0.3 is 0 Å². The van der Waals surface area contributed by atoms with Crippen molar-refractivity contribution in [3.05, 3.63) is 29.8 Å². The zero-order chi connectivity index (χ0) is 15.7. The Labute approximate surface area is 131 Å². The molecule has 1 aromatic rings. The van der Waals surface area contributed by atoms with Crippen LogP contribution in [-0.2, 0) is 11.2 Å². The second kappa shape index (κ2) is 8.95. The highest BCUT2D eigenvalue weighted by atomic mass is 32.2. The molecule has 118 valence electrons. The van der Waals surface area contributed by atoms with Crippen LogP contribution in [-0.4, -0.2) is 42.3 Å². The summed E-state index contributed by atoms with van der Waals surface area (Å²) < 4.78 is 5.09. The fourth-order valence-electron chi connectivity index (χ4n) is 1.84. The highest BCUT2D eigenvalue weighted by molar-refractivity contribution is 7.98. The summed E-state index contributed by atoms with van der Waals surface area (Å²) in [6, 6.07) is 7.70. The molecule has 2 N–H and O–H groups in total. The zero-order valence-corrected chi connectivity index (χ0v) is 13.8. The molecular formula is C16H25NO3S. The number of thioether (sulfide) groups is 1. The molecule has 1 aromatic carbocycles. The molecule has 0 fully saturated rings. The normalized spacial score (nSPS) is 13.5. The van der Waals surface area contributed by atoms with Crippen LogP contribution in [0.2, 0.25) is 0 Å². The Balaban J connectivity index is 2.30. The van der Waals surface area contributed by atoms with E-state index in [4.69, 9.17) is 4.74 Å². The molecular weight excluding hydrogens is 286 g/mol. The standard InChI is InChI=1S/C16H25NO3S/c1-16(19,10-11-21-3)12-17-15(18)9-6-13-4-7-14(20-2)8-5-13/h4-5,7-8,19H,6,9-12H2,1-3H3,(H,17,18)/t16-/m1/s1. The molecule has 0 aliphatic heterocycles. The third kappa shape index (κ3) is 7.39. The molecule has 1 amide bonds. The smallest absolute Gasteiger partial charge is 0.220 e. The van der Waals surface area contributed by atoms with Gasteiger partial charge in [0.2, 0.25) is 5.91 Å². The van der Waals surface area contributed by atoms with Crippen molar-refractivity contribution in [3.8, 4) is 5.75 Å². The molecule has 0 aliphatic rings. The Morgan fingerprint density at radius 2 is 2.05 bits per heavy atom. The number of carbonyl (C=O) groups is 1. The number of carbonyl (C=O) groups excluding carboxylic acids is 1. The van der Waals surface area contributed by atoms with Crippen LogP contribution in [0.4, 0.5) is 0 Å². The Kier molecular flexibility index (Phi) is 7.61. The highest BCUT2D eigenvalue weighted by Gasteiger charge is 2.20. The summed E-state index contributed by atoms with van der Waals surface area (Å²) in [6.07, 6.45) is 3.78. The molecule has 1 rings (SSSR count).